The van der Waals surface area contributed by atoms with Crippen molar-refractivity contribution < 1.29 is 108 Å². The normalized spacial score (nSPS) is 22.1. The number of halogens is 4. The number of hydrogen-bond donors (Lipinski definition) is 5. The largest absolute Gasteiger partial charge is 0.810 e. The molecule has 4 aliphatic rings. The molecule has 5 N–H and O–H groups in total. The van der Waals surface area contributed by atoms with Crippen LogP contribution >= 0.6 is 14.3 Å². The topological polar surface area (TPSA) is 358 Å². The van der Waals surface area contributed by atoms with Crippen LogP contribution in [0.4, 0.5) is 33.0 Å². The van der Waals surface area contributed by atoms with Crippen LogP contribution in [0.1, 0.15) is 113 Å². The fraction of sp³-hybridized carbons (Fsp3) is 0.779. The van der Waals surface area contributed by atoms with Gasteiger partial charge >= 0.3 is 31.0 Å². The predicted octanol–water partition coefficient (Wildman–Crippen LogP) is 6.05. The van der Waals surface area contributed by atoms with Crippen molar-refractivity contribution in [2.75, 3.05) is 104 Å². The summed E-state index contributed by atoms with van der Waals surface area (Å²) in [5.74, 6) is -2.60. The summed E-state index contributed by atoms with van der Waals surface area (Å²) in [7, 11) is -12.1. The summed E-state index contributed by atoms with van der Waals surface area (Å²) >= 11 is 6.26. The molecule has 4 amide bonds. The van der Waals surface area contributed by atoms with E-state index >= 15 is 4.39 Å². The van der Waals surface area contributed by atoms with E-state index in [1.165, 1.54) is 90.6 Å². The highest BCUT2D eigenvalue weighted by molar-refractivity contribution is 8.07. The number of fused-ring (bicyclic) bond motifs is 1. The average Bonchev–Trinajstić information content (AvgIpc) is 1.59. The van der Waals surface area contributed by atoms with E-state index in [4.69, 9.17) is 53.5 Å². The Morgan fingerprint density at radius 2 is 1.38 bits per heavy atom. The number of aryl methyl sites for hydroxylation is 1. The van der Waals surface area contributed by atoms with E-state index in [0.29, 0.717) is 34.7 Å². The maximum Gasteiger partial charge on any atom is 0.471 e. The van der Waals surface area contributed by atoms with Gasteiger partial charge in [0.2, 0.25) is 5.91 Å². The standard InChI is InChI=1S/C56H89F4N11O18P2SSi3.2C6H15N/c1-54(2,3)95(12,13)88-42-35(28-72)85-50(71-32-64-41-47(71)65-31-67(48(41)74)20-21-81-33-66-38(73)26-61-52(76)82-22-24-93(6,7)8)43(42)87-91(92,89-55(4,5)37-17-15-18-68(37)51(75)56(58,59)60)84-29-36-44(90(78,79)80)40(57)49(86-36)70-27-34-16-14-19-69(45-39(34)46(70)63-30-62-45)53(77)83-23-25-94(9,10)11;2*1-4-7(5-2)6-3/h27,30-32,35-37,40,42-44,49-50,72H,14-26,28-29,33H2,1-13H3,(H,61,76)(H,66,73)(H2,78,79,80);2*4-6H2,1-3H3/t35-,36-,37-,40+,42-,43-,44-,49-,50-,91-;;/m1../s1. The van der Waals surface area contributed by atoms with Gasteiger partial charge in [0.05, 0.1) is 114 Å². The highest BCUT2D eigenvalue weighted by atomic mass is 32.5. The van der Waals surface area contributed by atoms with Crippen LogP contribution in [0.2, 0.25) is 69.5 Å². The number of hydrogen-bond acceptors (Lipinski definition) is 23. The molecular formula is C68H119F4N13O18P2SSi3. The number of carbonyl (C=O) groups is 4. The molecule has 41 heteroatoms. The lowest BCUT2D eigenvalue weighted by Gasteiger charge is -2.43. The number of amides is 4. The van der Waals surface area contributed by atoms with E-state index in [1.54, 1.807) is 9.80 Å². The van der Waals surface area contributed by atoms with Gasteiger partial charge in [-0.05, 0) is 129 Å². The summed E-state index contributed by atoms with van der Waals surface area (Å²) in [6.45, 7) is 38.7. The number of anilines is 1. The van der Waals surface area contributed by atoms with Crippen molar-refractivity contribution in [3.8, 4) is 0 Å². The first-order chi connectivity index (χ1) is 50.7. The molecule has 0 unspecified atom stereocenters. The lowest BCUT2D eigenvalue weighted by molar-refractivity contribution is -0.894. The van der Waals surface area contributed by atoms with Gasteiger partial charge in [-0.25, -0.2) is 33.9 Å². The van der Waals surface area contributed by atoms with Gasteiger partial charge in [-0.1, -0.05) is 67.6 Å². The van der Waals surface area contributed by atoms with Crippen molar-refractivity contribution in [1.82, 2.24) is 49.2 Å². The quantitative estimate of drug-likeness (QED) is 0.0119. The fourth-order valence-corrected chi connectivity index (χ4v) is 19.3. The Hall–Kier alpha value is -4.78. The Balaban J connectivity index is 0.00000121. The van der Waals surface area contributed by atoms with Crippen LogP contribution in [0.25, 0.3) is 22.2 Å². The first kappa shape index (κ1) is 93.1. The molecule has 0 saturated carbocycles. The number of quaternary nitrogens is 2. The molecule has 0 bridgehead atoms. The van der Waals surface area contributed by atoms with Crippen molar-refractivity contribution in [2.24, 2.45) is 0 Å². The Morgan fingerprint density at radius 3 is 1.94 bits per heavy atom. The van der Waals surface area contributed by atoms with Crippen LogP contribution in [-0.4, -0.2) is 245 Å². The Morgan fingerprint density at radius 1 is 0.771 bits per heavy atom. The second-order valence-electron chi connectivity index (χ2n) is 32.1. The van der Waals surface area contributed by atoms with Crippen molar-refractivity contribution in [2.45, 2.75) is 244 Å². The Bertz CT molecular complexity index is 3790. The number of nitrogens with zero attached hydrogens (tertiary/aromatic N) is 9. The lowest BCUT2D eigenvalue weighted by Crippen LogP contribution is -3.11. The van der Waals surface area contributed by atoms with Crippen LogP contribution in [0, 0.1) is 0 Å². The molecule has 4 aromatic rings. The molecule has 3 saturated heterocycles. The highest BCUT2D eigenvalue weighted by Gasteiger charge is 2.57. The molecule has 4 aliphatic heterocycles. The molecular weight excluding hydrogens is 1540 g/mol. The number of alkyl halides is 4. The molecule has 0 spiro atoms. The number of nitrogens with one attached hydrogen (secondary N) is 4. The number of imidazole rings is 1. The number of aromatic nitrogens is 7. The zero-order valence-corrected chi connectivity index (χ0v) is 72.4. The number of rotatable bonds is 33. The van der Waals surface area contributed by atoms with Crippen molar-refractivity contribution >= 4 is 103 Å². The molecule has 4 aromatic heterocycles. The zero-order chi connectivity index (χ0) is 81.6. The molecule has 109 heavy (non-hydrogen) atoms. The van der Waals surface area contributed by atoms with Crippen molar-refractivity contribution in [3.63, 3.8) is 0 Å². The average molecular weight is 1660 g/mol. The van der Waals surface area contributed by atoms with Gasteiger partial charge in [0.15, 0.2) is 43.9 Å². The van der Waals surface area contributed by atoms with E-state index in [-0.39, 0.29) is 88.2 Å². The number of aliphatic hydroxyl groups excluding tert-OH is 1. The maximum absolute atomic E-state index is 17.4. The molecule has 620 valence electrons. The van der Waals surface area contributed by atoms with Gasteiger partial charge in [0, 0.05) is 35.4 Å². The lowest BCUT2D eigenvalue weighted by atomic mass is 9.96. The van der Waals surface area contributed by atoms with Crippen LogP contribution in [-0.2, 0) is 80.6 Å². The van der Waals surface area contributed by atoms with Gasteiger partial charge in [-0.2, -0.15) is 13.2 Å². The predicted molar refractivity (Wildman–Crippen MR) is 410 cm³/mol. The van der Waals surface area contributed by atoms with Crippen molar-refractivity contribution in [1.29, 1.82) is 0 Å². The fourth-order valence-electron chi connectivity index (χ4n) is 12.8. The Kier molecular flexibility index (Phi) is 33.7. The van der Waals surface area contributed by atoms with Crippen LogP contribution in [0.15, 0.2) is 30.0 Å². The van der Waals surface area contributed by atoms with Crippen molar-refractivity contribution in [3.05, 3.63) is 41.1 Å². The number of ether oxygens (including phenoxy) is 5. The van der Waals surface area contributed by atoms with E-state index in [2.05, 4.69) is 111 Å². The molecule has 31 nitrogen and oxygen atoms in total. The second-order valence-corrected chi connectivity index (χ2v) is 52.6. The van der Waals surface area contributed by atoms with Crippen LogP contribution in [0.5, 0.6) is 0 Å². The monoisotopic (exact) mass is 1660 g/mol. The minimum Gasteiger partial charge on any atom is -0.810 e. The third-order valence-electron chi connectivity index (χ3n) is 20.4. The maximum atomic E-state index is 17.4. The van der Waals surface area contributed by atoms with Gasteiger partial charge in [0.1, 0.15) is 49.9 Å². The highest BCUT2D eigenvalue weighted by Crippen LogP contribution is 2.60. The number of aliphatic hydroxyl groups is 1. The van der Waals surface area contributed by atoms with Gasteiger partial charge < -0.3 is 86.5 Å². The molecule has 8 heterocycles. The van der Waals surface area contributed by atoms with Gasteiger partial charge in [0.25, 0.3) is 5.56 Å². The minimum atomic E-state index is -6.05. The minimum absolute atomic E-state index is 0.0182. The van der Waals surface area contributed by atoms with Crippen LogP contribution in [0.3, 0.4) is 0 Å². The first-order valence-electron chi connectivity index (χ1n) is 37.6. The second kappa shape index (κ2) is 39.5. The van der Waals surface area contributed by atoms with Gasteiger partial charge in [-0.15, -0.1) is 0 Å². The summed E-state index contributed by atoms with van der Waals surface area (Å²) in [5.41, 5.74) is -4.86. The summed E-state index contributed by atoms with van der Waals surface area (Å²) < 4.78 is 133. The first-order valence-corrected chi connectivity index (χ1v) is 52.1. The van der Waals surface area contributed by atoms with Gasteiger partial charge in [-0.3, -0.25) is 32.9 Å². The van der Waals surface area contributed by atoms with E-state index < -0.39 is 153 Å². The number of carbonyl (C=O) groups excluding carboxylic acids is 4. The Labute approximate surface area is 645 Å². The van der Waals surface area contributed by atoms with E-state index in [0.717, 1.165) is 12.4 Å². The number of likely N-dealkylation sites (tertiary alicyclic amines) is 1. The van der Waals surface area contributed by atoms with E-state index in [9.17, 15) is 56.6 Å². The SMILES string of the molecule is CC(C)(O[P@@](=S)(OC[C@H]1O[C@@H](n2cc3c4c(ncnc42)N(C(=O)OCC[Si](C)(C)C)CCC3)[C@@H](F)[C@@H]1P(=O)([O-])[O-])O[C@@H]1[C@H](O[Si](C)(C)C(C)(C)C)[C@@H](CO)O[C@H]1n1cnc2c(=O)n(CCOCNC(=O)CNC(=O)OCC[Si](C)(C)C)cnc21)[C@H]1CCCN1C(=O)C(F)(F)F.CC[NH+](CC)CC.CC[NH+](CC)CC. The third kappa shape index (κ3) is 25.1. The summed E-state index contributed by atoms with van der Waals surface area (Å²) in [4.78, 5) is 115. The third-order valence-corrected chi connectivity index (χ3v) is 32.1. The summed E-state index contributed by atoms with van der Waals surface area (Å²) in [5, 5.41) is 15.8. The summed E-state index contributed by atoms with van der Waals surface area (Å²) in [6, 6.07) is 0.0829. The molecule has 0 aliphatic carbocycles. The molecule has 10 atom stereocenters. The molecule has 3 fully saturated rings. The molecule has 0 radical (unpaired) electrons. The number of alkyl carbamates (subject to hydrolysis) is 1. The molecule has 0 aromatic carbocycles. The summed E-state index contributed by atoms with van der Waals surface area (Å²) in [6.07, 6.45) is -13.3. The zero-order valence-electron chi connectivity index (χ0n) is 66.8. The smallest absolute Gasteiger partial charge is 0.471 e. The van der Waals surface area contributed by atoms with E-state index in [1.807, 2.05) is 33.9 Å². The molecule has 8 rings (SSSR count). The van der Waals surface area contributed by atoms with Crippen LogP contribution < -0.4 is 40.7 Å².